The summed E-state index contributed by atoms with van der Waals surface area (Å²) in [5.74, 6) is 3.00. The molecule has 0 aliphatic rings. The van der Waals surface area contributed by atoms with Crippen molar-refractivity contribution in [2.24, 2.45) is 7.05 Å². The Morgan fingerprint density at radius 3 is 2.54 bits per heavy atom. The third-order valence-electron chi connectivity index (χ3n) is 4.66. The van der Waals surface area contributed by atoms with Gasteiger partial charge < -0.3 is 4.57 Å². The van der Waals surface area contributed by atoms with Gasteiger partial charge in [-0.3, -0.25) is 0 Å². The summed E-state index contributed by atoms with van der Waals surface area (Å²) in [5.41, 5.74) is 5.33. The molecule has 0 saturated heterocycles. The molecular weight excluding hydrogens is 384 g/mol. The van der Waals surface area contributed by atoms with Gasteiger partial charge in [-0.1, -0.05) is 59.8 Å². The van der Waals surface area contributed by atoms with Crippen LogP contribution in [0.3, 0.4) is 0 Å². The molecule has 0 fully saturated rings. The van der Waals surface area contributed by atoms with Crippen molar-refractivity contribution in [3.63, 3.8) is 0 Å². The number of rotatable bonds is 6. The zero-order valence-electron chi connectivity index (χ0n) is 16.2. The summed E-state index contributed by atoms with van der Waals surface area (Å²) >= 11 is 3.59. The molecule has 6 heteroatoms. The van der Waals surface area contributed by atoms with E-state index in [0.29, 0.717) is 0 Å². The average Bonchev–Trinajstić information content (AvgIpc) is 3.08. The van der Waals surface area contributed by atoms with Gasteiger partial charge >= 0.3 is 0 Å². The fraction of sp³-hybridized carbons (Fsp3) is 0.227. The minimum absolute atomic E-state index is 0.874. The Hall–Kier alpha value is -2.31. The molecule has 0 atom stereocenters. The van der Waals surface area contributed by atoms with Crippen LogP contribution in [0.25, 0.3) is 33.5 Å². The molecule has 142 valence electrons. The van der Waals surface area contributed by atoms with Gasteiger partial charge in [0, 0.05) is 35.1 Å². The van der Waals surface area contributed by atoms with Crippen LogP contribution in [0.1, 0.15) is 5.56 Å². The van der Waals surface area contributed by atoms with E-state index in [4.69, 9.17) is 4.98 Å². The van der Waals surface area contributed by atoms with Gasteiger partial charge in [0.1, 0.15) is 0 Å². The van der Waals surface area contributed by atoms with E-state index in [-0.39, 0.29) is 0 Å². The number of pyridine rings is 1. The van der Waals surface area contributed by atoms with Crippen LogP contribution in [0.5, 0.6) is 0 Å². The van der Waals surface area contributed by atoms with Gasteiger partial charge in [0.25, 0.3) is 0 Å². The third kappa shape index (κ3) is 3.80. The SMILES string of the molecule is CSCCSc1nnc(-c2cc(-c3ccc(C)cc3)nc3ccccc23)n1C. The summed E-state index contributed by atoms with van der Waals surface area (Å²) in [4.78, 5) is 4.89. The van der Waals surface area contributed by atoms with Gasteiger partial charge in [-0.2, -0.15) is 11.8 Å². The van der Waals surface area contributed by atoms with E-state index in [1.807, 2.05) is 30.9 Å². The molecule has 0 aliphatic carbocycles. The highest BCUT2D eigenvalue weighted by molar-refractivity contribution is 8.02. The molecule has 0 saturated carbocycles. The van der Waals surface area contributed by atoms with Crippen molar-refractivity contribution in [1.82, 2.24) is 19.7 Å². The number of nitrogens with zero attached hydrogens (tertiary/aromatic N) is 4. The highest BCUT2D eigenvalue weighted by Crippen LogP contribution is 2.32. The molecular formula is C22H22N4S2. The molecule has 2 aromatic carbocycles. The Balaban J connectivity index is 1.83. The maximum Gasteiger partial charge on any atom is 0.191 e. The van der Waals surface area contributed by atoms with Crippen LogP contribution in [0.2, 0.25) is 0 Å². The lowest BCUT2D eigenvalue weighted by atomic mass is 10.0. The molecule has 4 aromatic rings. The second-order valence-electron chi connectivity index (χ2n) is 6.64. The molecule has 4 nitrogen and oxygen atoms in total. The number of fused-ring (bicyclic) bond motifs is 1. The molecule has 0 bridgehead atoms. The van der Waals surface area contributed by atoms with Gasteiger partial charge in [0.15, 0.2) is 11.0 Å². The number of para-hydroxylation sites is 1. The number of aryl methyl sites for hydroxylation is 1. The van der Waals surface area contributed by atoms with Gasteiger partial charge in [-0.25, -0.2) is 4.98 Å². The zero-order valence-corrected chi connectivity index (χ0v) is 17.8. The number of thioether (sulfide) groups is 2. The minimum atomic E-state index is 0.874. The molecule has 4 rings (SSSR count). The quantitative estimate of drug-likeness (QED) is 0.314. The first-order valence-corrected chi connectivity index (χ1v) is 11.5. The largest absolute Gasteiger partial charge is 0.305 e. The molecule has 28 heavy (non-hydrogen) atoms. The van der Waals surface area contributed by atoms with Crippen molar-refractivity contribution in [3.05, 3.63) is 60.2 Å². The Morgan fingerprint density at radius 2 is 1.75 bits per heavy atom. The summed E-state index contributed by atoms with van der Waals surface area (Å²) in [6.45, 7) is 2.10. The molecule has 0 amide bonds. The van der Waals surface area contributed by atoms with Gasteiger partial charge in [-0.15, -0.1) is 10.2 Å². The summed E-state index contributed by atoms with van der Waals surface area (Å²) < 4.78 is 2.09. The topological polar surface area (TPSA) is 43.6 Å². The smallest absolute Gasteiger partial charge is 0.191 e. The van der Waals surface area contributed by atoms with Crippen LogP contribution in [-0.4, -0.2) is 37.5 Å². The number of hydrogen-bond acceptors (Lipinski definition) is 5. The van der Waals surface area contributed by atoms with Crippen molar-refractivity contribution >= 4 is 34.4 Å². The first-order valence-electron chi connectivity index (χ1n) is 9.15. The molecule has 0 radical (unpaired) electrons. The van der Waals surface area contributed by atoms with Crippen molar-refractivity contribution in [2.75, 3.05) is 17.8 Å². The number of aromatic nitrogens is 4. The zero-order chi connectivity index (χ0) is 19.5. The first kappa shape index (κ1) is 19.0. The maximum atomic E-state index is 4.89. The van der Waals surface area contributed by atoms with Crippen LogP contribution in [0.4, 0.5) is 0 Å². The van der Waals surface area contributed by atoms with E-state index in [1.165, 1.54) is 5.56 Å². The molecule has 0 N–H and O–H groups in total. The van der Waals surface area contributed by atoms with Crippen molar-refractivity contribution < 1.29 is 0 Å². The van der Waals surface area contributed by atoms with Crippen LogP contribution >= 0.6 is 23.5 Å². The molecule has 2 aromatic heterocycles. The van der Waals surface area contributed by atoms with Crippen LogP contribution in [-0.2, 0) is 7.05 Å². The second kappa shape index (κ2) is 8.37. The highest BCUT2D eigenvalue weighted by atomic mass is 32.2. The van der Waals surface area contributed by atoms with Gasteiger partial charge in [-0.05, 0) is 25.3 Å². The van der Waals surface area contributed by atoms with E-state index >= 15 is 0 Å². The van der Waals surface area contributed by atoms with E-state index in [2.05, 4.69) is 70.4 Å². The number of hydrogen-bond donors (Lipinski definition) is 0. The maximum absolute atomic E-state index is 4.89. The van der Waals surface area contributed by atoms with Crippen molar-refractivity contribution in [3.8, 4) is 22.6 Å². The summed E-state index contributed by atoms with van der Waals surface area (Å²) in [5, 5.41) is 11.0. The Morgan fingerprint density at radius 1 is 0.964 bits per heavy atom. The van der Waals surface area contributed by atoms with Gasteiger partial charge in [0.05, 0.1) is 11.2 Å². The fourth-order valence-electron chi connectivity index (χ4n) is 3.12. The van der Waals surface area contributed by atoms with E-state index < -0.39 is 0 Å². The third-order valence-corrected chi connectivity index (χ3v) is 6.55. The van der Waals surface area contributed by atoms with Crippen molar-refractivity contribution in [1.29, 1.82) is 0 Å². The standard InChI is InChI=1S/C22H22N4S2/c1-15-8-10-16(11-9-15)20-14-18(17-6-4-5-7-19(17)23-20)21-24-25-22(26(21)2)28-13-12-27-3/h4-11,14H,12-13H2,1-3H3. The monoisotopic (exact) mass is 406 g/mol. The van der Waals surface area contributed by atoms with Crippen LogP contribution in [0.15, 0.2) is 59.8 Å². The normalized spacial score (nSPS) is 11.2. The molecule has 2 heterocycles. The second-order valence-corrected chi connectivity index (χ2v) is 8.69. The fourth-order valence-corrected chi connectivity index (χ4v) is 4.69. The Bertz CT molecular complexity index is 1100. The lowest BCUT2D eigenvalue weighted by molar-refractivity contribution is 0.795. The summed E-state index contributed by atoms with van der Waals surface area (Å²) in [6.07, 6.45) is 2.12. The lowest BCUT2D eigenvalue weighted by Gasteiger charge is -2.10. The molecule has 0 aliphatic heterocycles. The van der Waals surface area contributed by atoms with E-state index in [1.54, 1.807) is 11.8 Å². The molecule has 0 unspecified atom stereocenters. The van der Waals surface area contributed by atoms with Crippen LogP contribution in [0, 0.1) is 6.92 Å². The van der Waals surface area contributed by atoms with E-state index in [9.17, 15) is 0 Å². The summed E-state index contributed by atoms with van der Waals surface area (Å²) in [7, 11) is 2.04. The summed E-state index contributed by atoms with van der Waals surface area (Å²) in [6, 6.07) is 18.8. The van der Waals surface area contributed by atoms with E-state index in [0.717, 1.165) is 50.2 Å². The highest BCUT2D eigenvalue weighted by Gasteiger charge is 2.16. The molecule has 0 spiro atoms. The van der Waals surface area contributed by atoms with Crippen LogP contribution < -0.4 is 0 Å². The predicted molar refractivity (Wildman–Crippen MR) is 121 cm³/mol. The minimum Gasteiger partial charge on any atom is -0.305 e. The first-order chi connectivity index (χ1) is 13.7. The lowest BCUT2D eigenvalue weighted by Crippen LogP contribution is -1.98. The Labute approximate surface area is 173 Å². The van der Waals surface area contributed by atoms with Gasteiger partial charge in [0.2, 0.25) is 0 Å². The Kier molecular flexibility index (Phi) is 5.69. The average molecular weight is 407 g/mol. The predicted octanol–water partition coefficient (Wildman–Crippen LogP) is 5.46. The number of benzene rings is 2. The van der Waals surface area contributed by atoms with Crippen molar-refractivity contribution in [2.45, 2.75) is 12.1 Å².